The fraction of sp³-hybridized carbons (Fsp3) is 0.611. The van der Waals surface area contributed by atoms with Gasteiger partial charge < -0.3 is 19.4 Å². The number of hydrogen-bond acceptors (Lipinski definition) is 4. The van der Waals surface area contributed by atoms with Gasteiger partial charge in [0, 0.05) is 30.4 Å². The van der Waals surface area contributed by atoms with E-state index < -0.39 is 17.1 Å². The number of aromatic hydroxyl groups is 1. The predicted octanol–water partition coefficient (Wildman–Crippen LogP) is 0.890. The summed E-state index contributed by atoms with van der Waals surface area (Å²) in [5.74, 6) is 1.03. The molecule has 2 heterocycles. The molecule has 1 aromatic carbocycles. The normalized spacial score (nSPS) is 42.1. The minimum absolute atomic E-state index is 0.0257. The van der Waals surface area contributed by atoms with E-state index in [9.17, 15) is 15.0 Å². The average Bonchev–Trinajstić information content (AvgIpc) is 2.84. The van der Waals surface area contributed by atoms with Gasteiger partial charge in [0.2, 0.25) is 0 Å². The van der Waals surface area contributed by atoms with Crippen molar-refractivity contribution in [1.29, 1.82) is 0 Å². The van der Waals surface area contributed by atoms with Crippen molar-refractivity contribution in [3.05, 3.63) is 23.3 Å². The van der Waals surface area contributed by atoms with Crippen molar-refractivity contribution in [2.75, 3.05) is 20.6 Å². The fourth-order valence-corrected chi connectivity index (χ4v) is 5.96. The molecule has 5 heteroatoms. The molecule has 1 spiro atoms. The molecule has 5 rings (SSSR count). The maximum atomic E-state index is 12.6. The summed E-state index contributed by atoms with van der Waals surface area (Å²) in [6.45, 7) is 0.897. The lowest BCUT2D eigenvalue weighted by atomic mass is 9.48. The molecule has 1 saturated carbocycles. The first-order chi connectivity index (χ1) is 10.8. The number of benzene rings is 1. The van der Waals surface area contributed by atoms with Crippen molar-refractivity contribution in [3.63, 3.8) is 0 Å². The SMILES string of the molecule is C[N+]1(C)CC[C@@]23c4c5ccc(O)c4CC1C2(O)CCC(=O)C3O5. The summed E-state index contributed by atoms with van der Waals surface area (Å²) < 4.78 is 6.76. The zero-order valence-electron chi connectivity index (χ0n) is 13.5. The van der Waals surface area contributed by atoms with Crippen molar-refractivity contribution in [1.82, 2.24) is 0 Å². The number of nitrogens with zero attached hydrogens (tertiary/aromatic N) is 1. The summed E-state index contributed by atoms with van der Waals surface area (Å²) in [6, 6.07) is 3.39. The van der Waals surface area contributed by atoms with Crippen molar-refractivity contribution in [3.8, 4) is 11.5 Å². The van der Waals surface area contributed by atoms with Crippen LogP contribution >= 0.6 is 0 Å². The summed E-state index contributed by atoms with van der Waals surface area (Å²) in [6.07, 6.45) is 1.61. The van der Waals surface area contributed by atoms with E-state index in [1.165, 1.54) is 0 Å². The number of ketones is 1. The number of piperidine rings is 1. The van der Waals surface area contributed by atoms with Crippen molar-refractivity contribution in [2.45, 2.75) is 48.8 Å². The van der Waals surface area contributed by atoms with Crippen molar-refractivity contribution in [2.24, 2.45) is 0 Å². The van der Waals surface area contributed by atoms with Crippen LogP contribution in [-0.4, -0.2) is 58.9 Å². The Kier molecular flexibility index (Phi) is 2.24. The number of hydrogen-bond donors (Lipinski definition) is 2. The van der Waals surface area contributed by atoms with E-state index in [1.807, 2.05) is 0 Å². The average molecular weight is 316 g/mol. The van der Waals surface area contributed by atoms with E-state index in [4.69, 9.17) is 4.74 Å². The van der Waals surface area contributed by atoms with E-state index in [0.29, 0.717) is 35.9 Å². The summed E-state index contributed by atoms with van der Waals surface area (Å²) in [7, 11) is 4.28. The largest absolute Gasteiger partial charge is 0.508 e. The molecule has 3 unspecified atom stereocenters. The number of aliphatic hydroxyl groups is 1. The molecule has 122 valence electrons. The van der Waals surface area contributed by atoms with Crippen LogP contribution < -0.4 is 4.74 Å². The monoisotopic (exact) mass is 316 g/mol. The minimum Gasteiger partial charge on any atom is -0.508 e. The second-order valence-electron chi connectivity index (χ2n) is 8.27. The van der Waals surface area contributed by atoms with E-state index >= 15 is 0 Å². The quantitative estimate of drug-likeness (QED) is 0.698. The van der Waals surface area contributed by atoms with Gasteiger partial charge in [-0.2, -0.15) is 0 Å². The topological polar surface area (TPSA) is 66.8 Å². The van der Waals surface area contributed by atoms with Crippen LogP contribution in [0.25, 0.3) is 0 Å². The van der Waals surface area contributed by atoms with Gasteiger partial charge in [-0.15, -0.1) is 0 Å². The van der Waals surface area contributed by atoms with E-state index in [1.54, 1.807) is 12.1 Å². The molecule has 0 radical (unpaired) electrons. The zero-order valence-corrected chi connectivity index (χ0v) is 13.5. The Morgan fingerprint density at radius 2 is 2.09 bits per heavy atom. The summed E-state index contributed by atoms with van der Waals surface area (Å²) >= 11 is 0. The number of likely N-dealkylation sites (N-methyl/N-ethyl adjacent to an activating group) is 1. The molecule has 23 heavy (non-hydrogen) atoms. The Morgan fingerprint density at radius 1 is 1.30 bits per heavy atom. The first-order valence-corrected chi connectivity index (χ1v) is 8.41. The highest BCUT2D eigenvalue weighted by Crippen LogP contribution is 2.64. The van der Waals surface area contributed by atoms with E-state index in [0.717, 1.165) is 17.7 Å². The molecule has 2 N–H and O–H groups in total. The van der Waals surface area contributed by atoms with Crippen LogP contribution in [0.2, 0.25) is 0 Å². The van der Waals surface area contributed by atoms with E-state index in [2.05, 4.69) is 14.1 Å². The molecule has 2 aliphatic heterocycles. The third kappa shape index (κ3) is 1.28. The van der Waals surface area contributed by atoms with Crippen LogP contribution in [-0.2, 0) is 16.6 Å². The van der Waals surface area contributed by atoms with Gasteiger partial charge in [-0.25, -0.2) is 0 Å². The van der Waals surface area contributed by atoms with Crippen LogP contribution in [0.4, 0.5) is 0 Å². The van der Waals surface area contributed by atoms with Gasteiger partial charge in [0.05, 0.1) is 26.1 Å². The van der Waals surface area contributed by atoms with Crippen LogP contribution in [0.3, 0.4) is 0 Å². The molecular weight excluding hydrogens is 294 g/mol. The number of Topliss-reactive ketones (excluding diaryl/α,β-unsaturated/α-hetero) is 1. The standard InChI is InChI=1S/C18H21NO4/c1-19(2)8-7-17-15-10-9-14(19)18(17,22)6-5-12(21)16(17)23-13(15)4-3-11(10)20/h3-4,14,16,22H,5-9H2,1-2H3/p+1/t14?,16?,17-,18?/m0/s1. The zero-order chi connectivity index (χ0) is 16.2. The molecule has 1 aromatic rings. The molecule has 4 aliphatic rings. The Hall–Kier alpha value is -1.59. The maximum absolute atomic E-state index is 12.6. The molecule has 5 nitrogen and oxygen atoms in total. The molecule has 2 aliphatic carbocycles. The Morgan fingerprint density at radius 3 is 2.87 bits per heavy atom. The molecule has 2 fully saturated rings. The van der Waals surface area contributed by atoms with Gasteiger partial charge in [-0.05, 0) is 18.6 Å². The Bertz CT molecular complexity index is 758. The van der Waals surface area contributed by atoms with Crippen LogP contribution in [0.15, 0.2) is 12.1 Å². The molecule has 0 amide bonds. The van der Waals surface area contributed by atoms with Gasteiger partial charge in [0.1, 0.15) is 23.1 Å². The highest BCUT2D eigenvalue weighted by Gasteiger charge is 2.75. The lowest BCUT2D eigenvalue weighted by molar-refractivity contribution is -0.931. The summed E-state index contributed by atoms with van der Waals surface area (Å²) in [5.41, 5.74) is 0.163. The highest BCUT2D eigenvalue weighted by atomic mass is 16.5. The predicted molar refractivity (Wildman–Crippen MR) is 82.5 cm³/mol. The first-order valence-electron chi connectivity index (χ1n) is 8.41. The van der Waals surface area contributed by atoms with Gasteiger partial charge in [-0.3, -0.25) is 4.79 Å². The second-order valence-corrected chi connectivity index (χ2v) is 8.27. The highest BCUT2D eigenvalue weighted by molar-refractivity contribution is 5.89. The van der Waals surface area contributed by atoms with Crippen molar-refractivity contribution >= 4 is 5.78 Å². The molecular formula is C18H22NO4+. The Balaban J connectivity index is 1.88. The molecule has 4 atom stereocenters. The Labute approximate surface area is 135 Å². The number of quaternary nitrogens is 1. The lowest BCUT2D eigenvalue weighted by Crippen LogP contribution is -2.79. The second kappa shape index (κ2) is 3.73. The smallest absolute Gasteiger partial charge is 0.174 e. The van der Waals surface area contributed by atoms with Crippen LogP contribution in [0, 0.1) is 0 Å². The number of carbonyl (C=O) groups is 1. The number of phenols is 1. The van der Waals surface area contributed by atoms with E-state index in [-0.39, 0.29) is 17.6 Å². The number of ether oxygens (including phenoxy) is 1. The van der Waals surface area contributed by atoms with Crippen LogP contribution in [0.1, 0.15) is 30.4 Å². The summed E-state index contributed by atoms with van der Waals surface area (Å²) in [5, 5.41) is 22.3. The number of phenolic OH excluding ortho intramolecular Hbond substituents is 1. The molecule has 2 bridgehead atoms. The van der Waals surface area contributed by atoms with Gasteiger partial charge in [0.25, 0.3) is 0 Å². The third-order valence-corrected chi connectivity index (χ3v) is 7.08. The van der Waals surface area contributed by atoms with Gasteiger partial charge in [-0.1, -0.05) is 0 Å². The lowest BCUT2D eigenvalue weighted by Gasteiger charge is -2.63. The van der Waals surface area contributed by atoms with Gasteiger partial charge in [0.15, 0.2) is 11.9 Å². The number of rotatable bonds is 0. The minimum atomic E-state index is -0.945. The van der Waals surface area contributed by atoms with Crippen molar-refractivity contribution < 1.29 is 24.2 Å². The number of likely N-dealkylation sites (tertiary alicyclic amines) is 1. The molecule has 0 aromatic heterocycles. The maximum Gasteiger partial charge on any atom is 0.174 e. The van der Waals surface area contributed by atoms with Crippen LogP contribution in [0.5, 0.6) is 11.5 Å². The summed E-state index contributed by atoms with van der Waals surface area (Å²) in [4.78, 5) is 12.6. The first kappa shape index (κ1) is 13.8. The number of carbonyl (C=O) groups excluding carboxylic acids is 1. The van der Waals surface area contributed by atoms with Gasteiger partial charge >= 0.3 is 0 Å². The fourth-order valence-electron chi connectivity index (χ4n) is 5.96. The molecule has 1 saturated heterocycles. The third-order valence-electron chi connectivity index (χ3n) is 7.08.